The molecule has 1 aliphatic rings. The highest BCUT2D eigenvalue weighted by Gasteiger charge is 2.38. The van der Waals surface area contributed by atoms with E-state index in [1.807, 2.05) is 24.3 Å². The van der Waals surface area contributed by atoms with Gasteiger partial charge in [-0.1, -0.05) is 43.6 Å². The largest absolute Gasteiger partial charge is 0.487 e. The maximum atomic E-state index is 12.5. The lowest BCUT2D eigenvalue weighted by atomic mass is 9.83. The van der Waals surface area contributed by atoms with Crippen LogP contribution in [0.3, 0.4) is 0 Å². The zero-order chi connectivity index (χ0) is 19.4. The van der Waals surface area contributed by atoms with Crippen molar-refractivity contribution in [1.29, 1.82) is 0 Å². The van der Waals surface area contributed by atoms with Gasteiger partial charge in [0, 0.05) is 17.0 Å². The van der Waals surface area contributed by atoms with Gasteiger partial charge in [0.05, 0.1) is 10.5 Å². The van der Waals surface area contributed by atoms with Crippen molar-refractivity contribution in [2.45, 2.75) is 44.8 Å². The first-order valence-corrected chi connectivity index (χ1v) is 10.3. The predicted octanol–water partition coefficient (Wildman–Crippen LogP) is 5.68. The maximum Gasteiger partial charge on any atom is 0.258 e. The fourth-order valence-corrected chi connectivity index (χ4v) is 4.20. The lowest BCUT2D eigenvalue weighted by Gasteiger charge is -2.41. The molecular formula is C21H23BrClNO3. The van der Waals surface area contributed by atoms with Gasteiger partial charge < -0.3 is 14.8 Å². The highest BCUT2D eigenvalue weighted by atomic mass is 79.9. The number of ether oxygens (including phenoxy) is 2. The van der Waals surface area contributed by atoms with Crippen LogP contribution in [0.25, 0.3) is 0 Å². The molecule has 6 heteroatoms. The van der Waals surface area contributed by atoms with Crippen LogP contribution in [0.5, 0.6) is 11.5 Å². The first-order valence-electron chi connectivity index (χ1n) is 9.11. The van der Waals surface area contributed by atoms with E-state index in [-0.39, 0.29) is 24.2 Å². The third-order valence-corrected chi connectivity index (χ3v) is 5.93. The van der Waals surface area contributed by atoms with Crippen LogP contribution < -0.4 is 14.8 Å². The molecule has 0 aliphatic carbocycles. The van der Waals surface area contributed by atoms with Crippen LogP contribution in [0.2, 0.25) is 5.02 Å². The van der Waals surface area contributed by atoms with Gasteiger partial charge >= 0.3 is 0 Å². The van der Waals surface area contributed by atoms with Crippen LogP contribution >= 0.6 is 27.5 Å². The SMILES string of the molecule is CCC1(CC)CC(NC(=O)COc2ccc(Cl)cc2Br)c2ccccc2O1. The lowest BCUT2D eigenvalue weighted by Crippen LogP contribution is -2.45. The molecule has 3 rings (SSSR count). The maximum absolute atomic E-state index is 12.5. The van der Waals surface area contributed by atoms with Crippen LogP contribution in [-0.4, -0.2) is 18.1 Å². The minimum absolute atomic E-state index is 0.0645. The van der Waals surface area contributed by atoms with Crippen molar-refractivity contribution in [2.24, 2.45) is 0 Å². The van der Waals surface area contributed by atoms with Crippen molar-refractivity contribution in [3.8, 4) is 11.5 Å². The van der Waals surface area contributed by atoms with E-state index in [0.29, 0.717) is 10.8 Å². The molecule has 4 nitrogen and oxygen atoms in total. The van der Waals surface area contributed by atoms with E-state index in [1.165, 1.54) is 0 Å². The van der Waals surface area contributed by atoms with Gasteiger partial charge in [-0.15, -0.1) is 0 Å². The molecule has 1 N–H and O–H groups in total. The van der Waals surface area contributed by atoms with Gasteiger partial charge in [0.2, 0.25) is 0 Å². The molecule has 0 saturated carbocycles. The van der Waals surface area contributed by atoms with E-state index >= 15 is 0 Å². The molecular weight excluding hydrogens is 430 g/mol. The van der Waals surface area contributed by atoms with Crippen molar-refractivity contribution in [2.75, 3.05) is 6.61 Å². The molecule has 1 atom stereocenters. The number of hydrogen-bond acceptors (Lipinski definition) is 3. The molecule has 2 aromatic carbocycles. The van der Waals surface area contributed by atoms with Gasteiger partial charge in [-0.05, 0) is 53.0 Å². The van der Waals surface area contributed by atoms with Gasteiger partial charge in [-0.3, -0.25) is 4.79 Å². The molecule has 0 spiro atoms. The number of rotatable bonds is 6. The number of fused-ring (bicyclic) bond motifs is 1. The average Bonchev–Trinajstić information content (AvgIpc) is 2.67. The summed E-state index contributed by atoms with van der Waals surface area (Å²) < 4.78 is 12.6. The summed E-state index contributed by atoms with van der Waals surface area (Å²) >= 11 is 9.33. The molecule has 0 bridgehead atoms. The Bertz CT molecular complexity index is 823. The van der Waals surface area contributed by atoms with E-state index in [0.717, 1.165) is 35.0 Å². The second-order valence-corrected chi connectivity index (χ2v) is 8.01. The number of benzene rings is 2. The Hall–Kier alpha value is -1.72. The second-order valence-electron chi connectivity index (χ2n) is 6.72. The van der Waals surface area contributed by atoms with E-state index in [1.54, 1.807) is 18.2 Å². The van der Waals surface area contributed by atoms with Gasteiger partial charge in [0.1, 0.15) is 17.1 Å². The summed E-state index contributed by atoms with van der Waals surface area (Å²) in [6.45, 7) is 4.18. The first-order chi connectivity index (χ1) is 13.0. The summed E-state index contributed by atoms with van der Waals surface area (Å²) in [5.41, 5.74) is 0.753. The molecule has 2 aromatic rings. The van der Waals surface area contributed by atoms with Gasteiger partial charge in [-0.2, -0.15) is 0 Å². The minimum Gasteiger partial charge on any atom is -0.487 e. The molecule has 0 saturated heterocycles. The van der Waals surface area contributed by atoms with E-state index in [2.05, 4.69) is 35.1 Å². The minimum atomic E-state index is -0.258. The summed E-state index contributed by atoms with van der Waals surface area (Å²) in [5.74, 6) is 1.26. The normalized spacial score (nSPS) is 17.6. The van der Waals surface area contributed by atoms with Crippen molar-refractivity contribution in [3.63, 3.8) is 0 Å². The van der Waals surface area contributed by atoms with E-state index in [4.69, 9.17) is 21.1 Å². The highest BCUT2D eigenvalue weighted by Crippen LogP contribution is 2.42. The summed E-state index contributed by atoms with van der Waals surface area (Å²) in [4.78, 5) is 12.5. The zero-order valence-corrected chi connectivity index (χ0v) is 17.8. The summed E-state index contributed by atoms with van der Waals surface area (Å²) in [5, 5.41) is 3.72. The molecule has 0 fully saturated rings. The van der Waals surface area contributed by atoms with Crippen LogP contribution in [0.15, 0.2) is 46.9 Å². The number of halogens is 2. The van der Waals surface area contributed by atoms with Crippen LogP contribution in [0.4, 0.5) is 0 Å². The van der Waals surface area contributed by atoms with Crippen molar-refractivity contribution in [1.82, 2.24) is 5.32 Å². The van der Waals surface area contributed by atoms with E-state index < -0.39 is 0 Å². The smallest absolute Gasteiger partial charge is 0.258 e. The van der Waals surface area contributed by atoms with Crippen LogP contribution in [0.1, 0.15) is 44.7 Å². The third-order valence-electron chi connectivity index (χ3n) is 5.07. The molecule has 1 unspecified atom stereocenters. The Morgan fingerprint density at radius 2 is 2.04 bits per heavy atom. The average molecular weight is 453 g/mol. The summed E-state index contributed by atoms with van der Waals surface area (Å²) in [6, 6.07) is 13.0. The number of amides is 1. The van der Waals surface area contributed by atoms with Crippen LogP contribution in [-0.2, 0) is 4.79 Å². The predicted molar refractivity (Wildman–Crippen MR) is 111 cm³/mol. The van der Waals surface area contributed by atoms with Crippen LogP contribution in [0, 0.1) is 0 Å². The first kappa shape index (κ1) is 20.0. The number of nitrogens with one attached hydrogen (secondary N) is 1. The van der Waals surface area contributed by atoms with Crippen molar-refractivity contribution in [3.05, 3.63) is 57.5 Å². The highest BCUT2D eigenvalue weighted by molar-refractivity contribution is 9.10. The third kappa shape index (κ3) is 4.58. The molecule has 0 radical (unpaired) electrons. The Morgan fingerprint density at radius 3 is 2.74 bits per heavy atom. The fourth-order valence-electron chi connectivity index (χ4n) is 3.40. The molecule has 0 aromatic heterocycles. The topological polar surface area (TPSA) is 47.6 Å². The van der Waals surface area contributed by atoms with Gasteiger partial charge in [-0.25, -0.2) is 0 Å². The van der Waals surface area contributed by atoms with Crippen molar-refractivity contribution >= 4 is 33.4 Å². The monoisotopic (exact) mass is 451 g/mol. The Balaban J connectivity index is 1.70. The number of hydrogen-bond donors (Lipinski definition) is 1. The molecule has 1 heterocycles. The number of carbonyl (C=O) groups excluding carboxylic acids is 1. The Labute approximate surface area is 173 Å². The number of carbonyl (C=O) groups is 1. The van der Waals surface area contributed by atoms with Gasteiger partial charge in [0.25, 0.3) is 5.91 Å². The molecule has 144 valence electrons. The summed E-state index contributed by atoms with van der Waals surface area (Å²) in [7, 11) is 0. The fraction of sp³-hybridized carbons (Fsp3) is 0.381. The molecule has 27 heavy (non-hydrogen) atoms. The summed E-state index contributed by atoms with van der Waals surface area (Å²) in [6.07, 6.45) is 2.52. The van der Waals surface area contributed by atoms with Crippen molar-refractivity contribution < 1.29 is 14.3 Å². The van der Waals surface area contributed by atoms with E-state index in [9.17, 15) is 4.79 Å². The second kappa shape index (κ2) is 8.53. The van der Waals surface area contributed by atoms with Gasteiger partial charge in [0.15, 0.2) is 6.61 Å². The molecule has 1 aliphatic heterocycles. The Morgan fingerprint density at radius 1 is 1.30 bits per heavy atom. The quantitative estimate of drug-likeness (QED) is 0.613. The molecule has 1 amide bonds. The standard InChI is InChI=1S/C21H23BrClNO3/c1-3-21(4-2)12-17(15-7-5-6-8-18(15)27-21)24-20(25)13-26-19-10-9-14(23)11-16(19)22/h5-11,17H,3-4,12-13H2,1-2H3,(H,24,25). The Kier molecular flexibility index (Phi) is 6.33. The zero-order valence-electron chi connectivity index (χ0n) is 15.4. The lowest BCUT2D eigenvalue weighted by molar-refractivity contribution is -0.124. The number of para-hydroxylation sites is 1.